The van der Waals surface area contributed by atoms with Crippen LogP contribution in [0.1, 0.15) is 47.8 Å². The highest BCUT2D eigenvalue weighted by Crippen LogP contribution is 2.33. The SMILES string of the molecule is CC(C)(O)CC(=O)N1Cc2ccc(C(=O)NO)cc2OCC1c1ccccc1. The summed E-state index contributed by atoms with van der Waals surface area (Å²) < 4.78 is 5.94. The van der Waals surface area contributed by atoms with Gasteiger partial charge in [-0.3, -0.25) is 14.8 Å². The maximum absolute atomic E-state index is 13.0. The Morgan fingerprint density at radius 1 is 1.21 bits per heavy atom. The van der Waals surface area contributed by atoms with E-state index in [2.05, 4.69) is 0 Å². The summed E-state index contributed by atoms with van der Waals surface area (Å²) >= 11 is 0. The number of ether oxygens (including phenoxy) is 1. The average molecular weight is 384 g/mol. The number of aliphatic hydroxyl groups is 1. The minimum atomic E-state index is -1.13. The molecule has 2 amide bonds. The first-order chi connectivity index (χ1) is 13.3. The highest BCUT2D eigenvalue weighted by molar-refractivity contribution is 5.93. The van der Waals surface area contributed by atoms with Gasteiger partial charge in [-0.05, 0) is 31.5 Å². The number of carbonyl (C=O) groups is 2. The van der Waals surface area contributed by atoms with E-state index in [-0.39, 0.29) is 37.1 Å². The lowest BCUT2D eigenvalue weighted by Gasteiger charge is -2.31. The van der Waals surface area contributed by atoms with Gasteiger partial charge in [0.25, 0.3) is 5.91 Å². The first-order valence-corrected chi connectivity index (χ1v) is 9.05. The van der Waals surface area contributed by atoms with E-state index >= 15 is 0 Å². The molecule has 0 aromatic heterocycles. The van der Waals surface area contributed by atoms with Crippen LogP contribution in [0.5, 0.6) is 5.75 Å². The normalized spacial score (nSPS) is 16.6. The molecule has 1 aliphatic rings. The maximum Gasteiger partial charge on any atom is 0.274 e. The smallest absolute Gasteiger partial charge is 0.274 e. The summed E-state index contributed by atoms with van der Waals surface area (Å²) in [6.45, 7) is 3.69. The standard InChI is InChI=1S/C21H24N2O5/c1-21(2,26)11-19(24)23-12-16-9-8-15(20(25)22-27)10-18(16)28-13-17(23)14-6-4-3-5-7-14/h3-10,17,26-27H,11-13H2,1-2H3,(H,22,25). The topological polar surface area (TPSA) is 99.1 Å². The first kappa shape index (κ1) is 19.9. The number of benzene rings is 2. The molecule has 0 radical (unpaired) electrons. The molecule has 148 valence electrons. The van der Waals surface area contributed by atoms with Gasteiger partial charge in [0, 0.05) is 11.1 Å². The second kappa shape index (κ2) is 8.00. The van der Waals surface area contributed by atoms with Crippen LogP contribution in [-0.2, 0) is 11.3 Å². The summed E-state index contributed by atoms with van der Waals surface area (Å²) in [4.78, 5) is 26.4. The van der Waals surface area contributed by atoms with Gasteiger partial charge in [0.1, 0.15) is 12.4 Å². The van der Waals surface area contributed by atoms with Crippen LogP contribution in [0.3, 0.4) is 0 Å². The fourth-order valence-corrected chi connectivity index (χ4v) is 3.26. The molecule has 7 nitrogen and oxygen atoms in total. The van der Waals surface area contributed by atoms with Gasteiger partial charge in [-0.1, -0.05) is 36.4 Å². The summed E-state index contributed by atoms with van der Waals surface area (Å²) in [5.74, 6) is -0.333. The fourth-order valence-electron chi connectivity index (χ4n) is 3.26. The Labute approximate surface area is 163 Å². The number of carbonyl (C=O) groups excluding carboxylic acids is 2. The molecule has 2 aromatic carbocycles. The van der Waals surface area contributed by atoms with Crippen molar-refractivity contribution in [3.63, 3.8) is 0 Å². The third kappa shape index (κ3) is 4.49. The largest absolute Gasteiger partial charge is 0.491 e. The molecule has 3 N–H and O–H groups in total. The van der Waals surface area contributed by atoms with Crippen molar-refractivity contribution in [3.8, 4) is 5.75 Å². The van der Waals surface area contributed by atoms with Gasteiger partial charge < -0.3 is 14.7 Å². The van der Waals surface area contributed by atoms with E-state index in [4.69, 9.17) is 9.94 Å². The first-order valence-electron chi connectivity index (χ1n) is 9.05. The molecule has 28 heavy (non-hydrogen) atoms. The number of rotatable bonds is 4. The maximum atomic E-state index is 13.0. The highest BCUT2D eigenvalue weighted by Gasteiger charge is 2.32. The van der Waals surface area contributed by atoms with Crippen LogP contribution in [0.4, 0.5) is 0 Å². The number of fused-ring (bicyclic) bond motifs is 1. The van der Waals surface area contributed by atoms with Crippen molar-refractivity contribution in [2.45, 2.75) is 38.5 Å². The predicted octanol–water partition coefficient (Wildman–Crippen LogP) is 2.43. The summed E-state index contributed by atoms with van der Waals surface area (Å²) in [6, 6.07) is 14.0. The minimum absolute atomic E-state index is 0.0172. The van der Waals surface area contributed by atoms with Crippen LogP contribution in [0.15, 0.2) is 48.5 Å². The molecular formula is C21H24N2O5. The van der Waals surface area contributed by atoms with Gasteiger partial charge in [-0.25, -0.2) is 5.48 Å². The molecule has 0 aliphatic carbocycles. The zero-order valence-corrected chi connectivity index (χ0v) is 15.9. The van der Waals surface area contributed by atoms with Crippen molar-refractivity contribution < 1.29 is 24.6 Å². The molecule has 1 atom stereocenters. The number of hydrogen-bond donors (Lipinski definition) is 3. The van der Waals surface area contributed by atoms with Crippen LogP contribution >= 0.6 is 0 Å². The Morgan fingerprint density at radius 3 is 2.57 bits per heavy atom. The molecule has 2 aromatic rings. The number of hydrogen-bond acceptors (Lipinski definition) is 5. The molecule has 0 saturated heterocycles. The fraction of sp³-hybridized carbons (Fsp3) is 0.333. The van der Waals surface area contributed by atoms with Gasteiger partial charge >= 0.3 is 0 Å². The van der Waals surface area contributed by atoms with Crippen LogP contribution in [-0.4, -0.2) is 39.2 Å². The third-order valence-corrected chi connectivity index (χ3v) is 4.63. The Kier molecular flexibility index (Phi) is 5.67. The molecule has 0 spiro atoms. The van der Waals surface area contributed by atoms with E-state index in [1.54, 1.807) is 42.4 Å². The van der Waals surface area contributed by atoms with Crippen molar-refractivity contribution >= 4 is 11.8 Å². The summed E-state index contributed by atoms with van der Waals surface area (Å²) in [5, 5.41) is 19.0. The van der Waals surface area contributed by atoms with Crippen molar-refractivity contribution in [1.29, 1.82) is 0 Å². The second-order valence-electron chi connectivity index (χ2n) is 7.51. The molecular weight excluding hydrogens is 360 g/mol. The van der Waals surface area contributed by atoms with Crippen molar-refractivity contribution in [1.82, 2.24) is 10.4 Å². The minimum Gasteiger partial charge on any atom is -0.491 e. The summed E-state index contributed by atoms with van der Waals surface area (Å²) in [5.41, 5.74) is 2.41. The van der Waals surface area contributed by atoms with Gasteiger partial charge in [-0.15, -0.1) is 0 Å². The second-order valence-corrected chi connectivity index (χ2v) is 7.51. The number of nitrogens with one attached hydrogen (secondary N) is 1. The summed E-state index contributed by atoms with van der Waals surface area (Å²) in [7, 11) is 0. The zero-order valence-electron chi connectivity index (χ0n) is 15.9. The molecule has 1 heterocycles. The van der Waals surface area contributed by atoms with Gasteiger partial charge in [0.2, 0.25) is 5.91 Å². The van der Waals surface area contributed by atoms with E-state index in [1.165, 1.54) is 0 Å². The molecule has 3 rings (SSSR count). The lowest BCUT2D eigenvalue weighted by molar-refractivity contribution is -0.139. The van der Waals surface area contributed by atoms with Crippen molar-refractivity contribution in [2.24, 2.45) is 0 Å². The van der Waals surface area contributed by atoms with Gasteiger partial charge in [0.15, 0.2) is 0 Å². The monoisotopic (exact) mass is 384 g/mol. The van der Waals surface area contributed by atoms with Crippen LogP contribution in [0, 0.1) is 0 Å². The number of hydroxylamine groups is 1. The lowest BCUT2D eigenvalue weighted by Crippen LogP contribution is -2.39. The van der Waals surface area contributed by atoms with E-state index < -0.39 is 11.5 Å². The third-order valence-electron chi connectivity index (χ3n) is 4.63. The Morgan fingerprint density at radius 2 is 1.93 bits per heavy atom. The van der Waals surface area contributed by atoms with Crippen molar-refractivity contribution in [3.05, 3.63) is 65.2 Å². The number of amides is 2. The van der Waals surface area contributed by atoms with Crippen LogP contribution < -0.4 is 10.2 Å². The molecule has 1 unspecified atom stereocenters. The van der Waals surface area contributed by atoms with E-state index in [0.717, 1.165) is 11.1 Å². The van der Waals surface area contributed by atoms with E-state index in [0.29, 0.717) is 5.75 Å². The molecule has 0 saturated carbocycles. The van der Waals surface area contributed by atoms with Gasteiger partial charge in [-0.2, -0.15) is 0 Å². The van der Waals surface area contributed by atoms with E-state index in [1.807, 2.05) is 30.3 Å². The molecule has 1 aliphatic heterocycles. The predicted molar refractivity (Wildman–Crippen MR) is 102 cm³/mol. The average Bonchev–Trinajstić information content (AvgIpc) is 2.86. The van der Waals surface area contributed by atoms with Crippen LogP contribution in [0.2, 0.25) is 0 Å². The molecule has 7 heteroatoms. The Bertz CT molecular complexity index is 861. The lowest BCUT2D eigenvalue weighted by atomic mass is 10.0. The Balaban J connectivity index is 1.97. The molecule has 0 bridgehead atoms. The zero-order chi connectivity index (χ0) is 20.3. The van der Waals surface area contributed by atoms with Gasteiger partial charge in [0.05, 0.1) is 24.6 Å². The number of nitrogens with zero attached hydrogens (tertiary/aromatic N) is 1. The highest BCUT2D eigenvalue weighted by atomic mass is 16.5. The van der Waals surface area contributed by atoms with E-state index in [9.17, 15) is 14.7 Å². The van der Waals surface area contributed by atoms with Crippen molar-refractivity contribution in [2.75, 3.05) is 6.61 Å². The molecule has 0 fully saturated rings. The Hall–Kier alpha value is -2.90. The quantitative estimate of drug-likeness (QED) is 0.555. The van der Waals surface area contributed by atoms with Crippen LogP contribution in [0.25, 0.3) is 0 Å². The summed E-state index contributed by atoms with van der Waals surface area (Å²) in [6.07, 6.45) is -0.0172.